The molecule has 1 amide bonds. The molecule has 24 heavy (non-hydrogen) atoms. The van der Waals surface area contributed by atoms with E-state index in [0.717, 1.165) is 29.4 Å². The van der Waals surface area contributed by atoms with E-state index in [9.17, 15) is 4.79 Å². The Morgan fingerprint density at radius 1 is 1.08 bits per heavy atom. The van der Waals surface area contributed by atoms with E-state index >= 15 is 0 Å². The second kappa shape index (κ2) is 7.13. The van der Waals surface area contributed by atoms with Gasteiger partial charge < -0.3 is 4.90 Å². The fourth-order valence-electron chi connectivity index (χ4n) is 4.51. The number of carbonyl (C=O) groups is 1. The van der Waals surface area contributed by atoms with Gasteiger partial charge in [-0.2, -0.15) is 0 Å². The predicted molar refractivity (Wildman–Crippen MR) is 102 cm³/mol. The van der Waals surface area contributed by atoms with Crippen molar-refractivity contribution in [2.24, 2.45) is 11.8 Å². The third-order valence-corrected chi connectivity index (χ3v) is 7.41. The van der Waals surface area contributed by atoms with Crippen molar-refractivity contribution >= 4 is 34.2 Å². The molecule has 2 fully saturated rings. The summed E-state index contributed by atoms with van der Waals surface area (Å²) in [5, 5.41) is 0. The first-order valence-electron chi connectivity index (χ1n) is 9.12. The number of benzene rings is 1. The number of thioether (sulfide) groups is 1. The van der Waals surface area contributed by atoms with E-state index in [4.69, 9.17) is 11.6 Å². The van der Waals surface area contributed by atoms with Crippen LogP contribution in [0.3, 0.4) is 0 Å². The molecule has 3 aliphatic rings. The lowest BCUT2D eigenvalue weighted by molar-refractivity contribution is -0.140. The van der Waals surface area contributed by atoms with Crippen LogP contribution in [0.25, 0.3) is 4.91 Å². The average Bonchev–Trinajstić information content (AvgIpc) is 3.03. The highest BCUT2D eigenvalue weighted by atomic mass is 35.5. The lowest BCUT2D eigenvalue weighted by Crippen LogP contribution is -2.51. The summed E-state index contributed by atoms with van der Waals surface area (Å²) in [4.78, 5) is 16.5. The molecule has 1 saturated heterocycles. The average molecular weight is 362 g/mol. The molecule has 4 heteroatoms. The first kappa shape index (κ1) is 16.5. The van der Waals surface area contributed by atoms with E-state index in [1.54, 1.807) is 11.8 Å². The highest BCUT2D eigenvalue weighted by Gasteiger charge is 2.41. The first-order chi connectivity index (χ1) is 11.7. The smallest absolute Gasteiger partial charge is 0.232 e. The lowest BCUT2D eigenvalue weighted by Gasteiger charge is -2.45. The molecule has 128 valence electrons. The molecule has 4 rings (SSSR count). The van der Waals surface area contributed by atoms with Crippen molar-refractivity contribution < 1.29 is 4.79 Å². The van der Waals surface area contributed by atoms with Gasteiger partial charge in [0.1, 0.15) is 0 Å². The van der Waals surface area contributed by atoms with Crippen molar-refractivity contribution in [1.29, 1.82) is 0 Å². The number of piperidine rings is 1. The third-order valence-electron chi connectivity index (χ3n) is 5.72. The molecular weight excluding hydrogens is 338 g/mol. The van der Waals surface area contributed by atoms with Crippen LogP contribution in [0.5, 0.6) is 0 Å². The molecule has 0 radical (unpaired) electrons. The fraction of sp³-hybridized carbons (Fsp3) is 0.550. The Balaban J connectivity index is 1.54. The number of hydrogen-bond acceptors (Lipinski definition) is 2. The largest absolute Gasteiger partial charge is 0.339 e. The topological polar surface area (TPSA) is 20.3 Å². The second-order valence-electron chi connectivity index (χ2n) is 7.18. The van der Waals surface area contributed by atoms with Crippen molar-refractivity contribution in [2.45, 2.75) is 49.3 Å². The summed E-state index contributed by atoms with van der Waals surface area (Å²) in [6.07, 6.45) is 9.62. The molecule has 0 N–H and O–H groups in total. The Morgan fingerprint density at radius 3 is 2.67 bits per heavy atom. The van der Waals surface area contributed by atoms with Crippen LogP contribution in [0.1, 0.15) is 44.1 Å². The maximum atomic E-state index is 13.2. The zero-order valence-electron chi connectivity index (χ0n) is 13.9. The van der Waals surface area contributed by atoms with Crippen LogP contribution in [0.2, 0.25) is 0 Å². The second-order valence-corrected chi connectivity index (χ2v) is 9.09. The van der Waals surface area contributed by atoms with Gasteiger partial charge in [0.2, 0.25) is 5.91 Å². The summed E-state index contributed by atoms with van der Waals surface area (Å²) in [5.41, 5.74) is 1.16. The molecule has 4 unspecified atom stereocenters. The van der Waals surface area contributed by atoms with Crippen LogP contribution < -0.4 is 0 Å². The summed E-state index contributed by atoms with van der Waals surface area (Å²) >= 11 is 8.20. The third kappa shape index (κ3) is 3.13. The molecule has 0 aromatic heterocycles. The standard InChI is InChI=1S/C20H24ClNOS/c21-19-16(13-18(24-19)15-8-2-1-3-9-15)20(23)22-12-6-10-14-7-4-5-11-17(14)22/h1-3,8-9,13-14,16-17,19H,4-7,10-12H2. The number of halogens is 1. The SMILES string of the molecule is O=C(C1C=C(c2ccccc2)SC1Cl)N1CCCC2CCCCC21. The molecule has 0 spiro atoms. The summed E-state index contributed by atoms with van der Waals surface area (Å²) in [5.74, 6) is 0.787. The van der Waals surface area contributed by atoms with Gasteiger partial charge in [0.25, 0.3) is 0 Å². The number of alkyl halides is 1. The van der Waals surface area contributed by atoms with Crippen molar-refractivity contribution in [3.05, 3.63) is 42.0 Å². The molecule has 1 aliphatic carbocycles. The van der Waals surface area contributed by atoms with E-state index in [1.165, 1.54) is 32.1 Å². The Kier molecular flexibility index (Phi) is 4.91. The van der Waals surface area contributed by atoms with Gasteiger partial charge in [-0.1, -0.05) is 49.2 Å². The molecule has 0 bridgehead atoms. The van der Waals surface area contributed by atoms with Crippen molar-refractivity contribution in [1.82, 2.24) is 4.90 Å². The number of rotatable bonds is 2. The van der Waals surface area contributed by atoms with Crippen LogP contribution in [0.4, 0.5) is 0 Å². The number of hydrogen-bond donors (Lipinski definition) is 0. The maximum Gasteiger partial charge on any atom is 0.232 e. The van der Waals surface area contributed by atoms with Gasteiger partial charge in [0.15, 0.2) is 0 Å². The van der Waals surface area contributed by atoms with Crippen LogP contribution in [-0.2, 0) is 4.79 Å². The molecule has 1 saturated carbocycles. The van der Waals surface area contributed by atoms with Gasteiger partial charge in [0.05, 0.1) is 10.6 Å². The Hall–Kier alpha value is -0.930. The maximum absolute atomic E-state index is 13.2. The quantitative estimate of drug-likeness (QED) is 0.680. The van der Waals surface area contributed by atoms with E-state index in [0.29, 0.717) is 6.04 Å². The van der Waals surface area contributed by atoms with Crippen molar-refractivity contribution in [3.63, 3.8) is 0 Å². The van der Waals surface area contributed by atoms with Crippen molar-refractivity contribution in [2.75, 3.05) is 6.54 Å². The van der Waals surface area contributed by atoms with Crippen LogP contribution in [-0.4, -0.2) is 28.1 Å². The minimum absolute atomic E-state index is 0.184. The lowest BCUT2D eigenvalue weighted by atomic mass is 9.78. The van der Waals surface area contributed by atoms with Gasteiger partial charge in [0, 0.05) is 17.5 Å². The molecular formula is C20H24ClNOS. The number of amides is 1. The Labute approximate surface area is 153 Å². The monoisotopic (exact) mass is 361 g/mol. The molecule has 4 atom stereocenters. The summed E-state index contributed by atoms with van der Waals surface area (Å²) in [7, 11) is 0. The van der Waals surface area contributed by atoms with Crippen LogP contribution >= 0.6 is 23.4 Å². The summed E-state index contributed by atoms with van der Waals surface area (Å²) in [6.45, 7) is 0.916. The van der Waals surface area contributed by atoms with Gasteiger partial charge in [-0.3, -0.25) is 4.79 Å². The summed E-state index contributed by atoms with van der Waals surface area (Å²) in [6, 6.07) is 10.7. The minimum atomic E-state index is -0.187. The van der Waals surface area contributed by atoms with Crippen LogP contribution in [0, 0.1) is 11.8 Å². The Morgan fingerprint density at radius 2 is 1.83 bits per heavy atom. The molecule has 2 aliphatic heterocycles. The Bertz CT molecular complexity index is 630. The van der Waals surface area contributed by atoms with Gasteiger partial charge in [-0.05, 0) is 37.2 Å². The molecule has 2 nitrogen and oxygen atoms in total. The summed E-state index contributed by atoms with van der Waals surface area (Å²) < 4.78 is -0.184. The van der Waals surface area contributed by atoms with Gasteiger partial charge in [-0.15, -0.1) is 23.4 Å². The molecule has 2 heterocycles. The molecule has 1 aromatic rings. The van der Waals surface area contributed by atoms with E-state index in [-0.39, 0.29) is 16.5 Å². The number of fused-ring (bicyclic) bond motifs is 1. The molecule has 1 aromatic carbocycles. The minimum Gasteiger partial charge on any atom is -0.339 e. The normalized spacial score (nSPS) is 33.0. The van der Waals surface area contributed by atoms with Gasteiger partial charge >= 0.3 is 0 Å². The van der Waals surface area contributed by atoms with E-state index in [2.05, 4.69) is 23.1 Å². The fourth-order valence-corrected chi connectivity index (χ4v) is 6.06. The highest BCUT2D eigenvalue weighted by molar-refractivity contribution is 8.10. The van der Waals surface area contributed by atoms with Crippen molar-refractivity contribution in [3.8, 4) is 0 Å². The number of likely N-dealkylation sites (tertiary alicyclic amines) is 1. The zero-order chi connectivity index (χ0) is 16.5. The van der Waals surface area contributed by atoms with Crippen LogP contribution in [0.15, 0.2) is 36.4 Å². The zero-order valence-corrected chi connectivity index (χ0v) is 15.4. The van der Waals surface area contributed by atoms with Gasteiger partial charge in [-0.25, -0.2) is 0 Å². The number of carbonyl (C=O) groups excluding carboxylic acids is 1. The predicted octanol–water partition coefficient (Wildman–Crippen LogP) is 5.14. The van der Waals surface area contributed by atoms with E-state index < -0.39 is 0 Å². The number of nitrogens with zero attached hydrogens (tertiary/aromatic N) is 1. The highest BCUT2D eigenvalue weighted by Crippen LogP contribution is 2.46. The first-order valence-corrected chi connectivity index (χ1v) is 10.4. The van der Waals surface area contributed by atoms with E-state index in [1.807, 2.05) is 18.2 Å².